The molecule has 3 atom stereocenters. The second kappa shape index (κ2) is 6.19. The second-order valence-electron chi connectivity index (χ2n) is 7.92. The molecule has 3 unspecified atom stereocenters. The first-order valence-electron chi connectivity index (χ1n) is 8.60. The molecule has 0 bridgehead atoms. The number of furan rings is 1. The monoisotopic (exact) mass is 320 g/mol. The fourth-order valence-electron chi connectivity index (χ4n) is 3.47. The highest BCUT2D eigenvalue weighted by Gasteiger charge is 2.57. The van der Waals surface area contributed by atoms with E-state index >= 15 is 0 Å². The first-order valence-corrected chi connectivity index (χ1v) is 8.60. The SMILES string of the molecule is CC(CCc1ccco1)NC1C2CN(C(=O)OC(C)(C)C)CC21. The maximum absolute atomic E-state index is 12.1. The molecule has 0 radical (unpaired) electrons. The van der Waals surface area contributed by atoms with Crippen molar-refractivity contribution in [1.29, 1.82) is 0 Å². The summed E-state index contributed by atoms with van der Waals surface area (Å²) < 4.78 is 10.8. The van der Waals surface area contributed by atoms with Crippen molar-refractivity contribution in [3.63, 3.8) is 0 Å². The molecule has 128 valence electrons. The molecule has 1 aromatic heterocycles. The number of nitrogens with zero attached hydrogens (tertiary/aromatic N) is 1. The Labute approximate surface area is 138 Å². The Balaban J connectivity index is 1.37. The van der Waals surface area contributed by atoms with E-state index in [2.05, 4.69) is 12.2 Å². The Hall–Kier alpha value is -1.49. The lowest BCUT2D eigenvalue weighted by molar-refractivity contribution is 0.0268. The highest BCUT2D eigenvalue weighted by Crippen LogP contribution is 2.46. The highest BCUT2D eigenvalue weighted by molar-refractivity contribution is 5.69. The average molecular weight is 320 g/mol. The molecular formula is C18H28N2O3. The van der Waals surface area contributed by atoms with Crippen LogP contribution in [0.5, 0.6) is 0 Å². The number of fused-ring (bicyclic) bond motifs is 1. The molecule has 1 saturated heterocycles. The first-order chi connectivity index (χ1) is 10.8. The van der Waals surface area contributed by atoms with Gasteiger partial charge in [0.05, 0.1) is 6.26 Å². The summed E-state index contributed by atoms with van der Waals surface area (Å²) in [5.41, 5.74) is -0.415. The van der Waals surface area contributed by atoms with Gasteiger partial charge in [-0.05, 0) is 58.1 Å². The lowest BCUT2D eigenvalue weighted by Crippen LogP contribution is -2.40. The molecule has 5 nitrogen and oxygen atoms in total. The van der Waals surface area contributed by atoms with Crippen molar-refractivity contribution in [2.24, 2.45) is 11.8 Å². The largest absolute Gasteiger partial charge is 0.469 e. The number of likely N-dealkylation sites (tertiary alicyclic amines) is 1. The molecule has 1 N–H and O–H groups in total. The summed E-state index contributed by atoms with van der Waals surface area (Å²) in [6.45, 7) is 9.60. The van der Waals surface area contributed by atoms with Crippen LogP contribution in [0.4, 0.5) is 4.79 Å². The van der Waals surface area contributed by atoms with E-state index in [0.717, 1.165) is 31.7 Å². The summed E-state index contributed by atoms with van der Waals surface area (Å²) in [7, 11) is 0. The number of carbonyl (C=O) groups is 1. The smallest absolute Gasteiger partial charge is 0.410 e. The van der Waals surface area contributed by atoms with Crippen molar-refractivity contribution < 1.29 is 13.9 Å². The molecule has 23 heavy (non-hydrogen) atoms. The normalized spacial score (nSPS) is 27.7. The van der Waals surface area contributed by atoms with Gasteiger partial charge in [0.1, 0.15) is 11.4 Å². The van der Waals surface area contributed by atoms with Gasteiger partial charge in [-0.15, -0.1) is 0 Å². The van der Waals surface area contributed by atoms with E-state index in [1.165, 1.54) is 0 Å². The summed E-state index contributed by atoms with van der Waals surface area (Å²) in [5.74, 6) is 2.23. The zero-order valence-electron chi connectivity index (χ0n) is 14.5. The molecule has 1 aliphatic heterocycles. The molecule has 2 fully saturated rings. The molecule has 1 saturated carbocycles. The summed E-state index contributed by atoms with van der Waals surface area (Å²) >= 11 is 0. The topological polar surface area (TPSA) is 54.7 Å². The number of hydrogen-bond acceptors (Lipinski definition) is 4. The van der Waals surface area contributed by atoms with Crippen LogP contribution in [0.2, 0.25) is 0 Å². The van der Waals surface area contributed by atoms with E-state index in [1.807, 2.05) is 37.8 Å². The summed E-state index contributed by atoms with van der Waals surface area (Å²) in [4.78, 5) is 13.9. The average Bonchev–Trinajstić information content (AvgIpc) is 2.93. The number of hydrogen-bond donors (Lipinski definition) is 1. The van der Waals surface area contributed by atoms with Gasteiger partial charge in [-0.3, -0.25) is 0 Å². The number of piperidine rings is 1. The minimum Gasteiger partial charge on any atom is -0.469 e. The Morgan fingerprint density at radius 1 is 1.43 bits per heavy atom. The molecule has 2 heterocycles. The Kier molecular flexibility index (Phi) is 4.41. The van der Waals surface area contributed by atoms with Gasteiger partial charge in [-0.2, -0.15) is 0 Å². The lowest BCUT2D eigenvalue weighted by Gasteiger charge is -2.26. The number of rotatable bonds is 5. The second-order valence-corrected chi connectivity index (χ2v) is 7.92. The molecule has 5 heteroatoms. The molecule has 1 aliphatic carbocycles. The molecule has 1 amide bonds. The minimum absolute atomic E-state index is 0.172. The van der Waals surface area contributed by atoms with Crippen LogP contribution in [0, 0.1) is 11.8 Å². The molecular weight excluding hydrogens is 292 g/mol. The number of carbonyl (C=O) groups excluding carboxylic acids is 1. The summed E-state index contributed by atoms with van der Waals surface area (Å²) in [5, 5.41) is 3.71. The quantitative estimate of drug-likeness (QED) is 0.906. The van der Waals surface area contributed by atoms with E-state index in [1.54, 1.807) is 6.26 Å². The maximum atomic E-state index is 12.1. The van der Waals surface area contributed by atoms with E-state index in [9.17, 15) is 4.79 Å². The molecule has 0 aromatic carbocycles. The predicted octanol–water partition coefficient (Wildman–Crippen LogP) is 3.06. The van der Waals surface area contributed by atoms with Crippen LogP contribution in [0.1, 0.15) is 39.9 Å². The predicted molar refractivity (Wildman–Crippen MR) is 88.2 cm³/mol. The zero-order chi connectivity index (χ0) is 16.6. The number of amides is 1. The van der Waals surface area contributed by atoms with Crippen molar-refractivity contribution >= 4 is 6.09 Å². The van der Waals surface area contributed by atoms with Gasteiger partial charge in [0, 0.05) is 31.6 Å². The van der Waals surface area contributed by atoms with Crippen LogP contribution in [0.15, 0.2) is 22.8 Å². The highest BCUT2D eigenvalue weighted by atomic mass is 16.6. The Morgan fingerprint density at radius 3 is 2.70 bits per heavy atom. The fourth-order valence-corrected chi connectivity index (χ4v) is 3.47. The number of ether oxygens (including phenoxy) is 1. The van der Waals surface area contributed by atoms with E-state index in [-0.39, 0.29) is 6.09 Å². The van der Waals surface area contributed by atoms with E-state index in [0.29, 0.717) is 23.9 Å². The van der Waals surface area contributed by atoms with Gasteiger partial charge < -0.3 is 19.4 Å². The fraction of sp³-hybridized carbons (Fsp3) is 0.722. The molecule has 0 spiro atoms. The van der Waals surface area contributed by atoms with E-state index in [4.69, 9.17) is 9.15 Å². The third-order valence-electron chi connectivity index (χ3n) is 4.73. The van der Waals surface area contributed by atoms with E-state index < -0.39 is 5.60 Å². The van der Waals surface area contributed by atoms with Crippen LogP contribution in [-0.2, 0) is 11.2 Å². The molecule has 1 aromatic rings. The van der Waals surface area contributed by atoms with Gasteiger partial charge in [-0.1, -0.05) is 0 Å². The van der Waals surface area contributed by atoms with Gasteiger partial charge >= 0.3 is 6.09 Å². The maximum Gasteiger partial charge on any atom is 0.410 e. The van der Waals surface area contributed by atoms with Crippen LogP contribution in [-0.4, -0.2) is 41.8 Å². The molecule has 2 aliphatic rings. The van der Waals surface area contributed by atoms with Crippen molar-refractivity contribution in [3.8, 4) is 0 Å². The van der Waals surface area contributed by atoms with Crippen LogP contribution < -0.4 is 5.32 Å². The summed E-state index contributed by atoms with van der Waals surface area (Å²) in [6.07, 6.45) is 3.59. The van der Waals surface area contributed by atoms with Gasteiger partial charge in [0.15, 0.2) is 0 Å². The Bertz CT molecular complexity index is 523. The number of nitrogens with one attached hydrogen (secondary N) is 1. The zero-order valence-corrected chi connectivity index (χ0v) is 14.5. The van der Waals surface area contributed by atoms with Crippen molar-refractivity contribution in [1.82, 2.24) is 10.2 Å². The third-order valence-corrected chi connectivity index (χ3v) is 4.73. The van der Waals surface area contributed by atoms with Gasteiger partial charge in [0.25, 0.3) is 0 Å². The van der Waals surface area contributed by atoms with Gasteiger partial charge in [0.2, 0.25) is 0 Å². The van der Waals surface area contributed by atoms with Crippen molar-refractivity contribution in [3.05, 3.63) is 24.2 Å². The first kappa shape index (κ1) is 16.4. The third kappa shape index (κ3) is 4.08. The van der Waals surface area contributed by atoms with Crippen LogP contribution >= 0.6 is 0 Å². The minimum atomic E-state index is -0.415. The van der Waals surface area contributed by atoms with Crippen molar-refractivity contribution in [2.75, 3.05) is 13.1 Å². The van der Waals surface area contributed by atoms with Crippen LogP contribution in [0.25, 0.3) is 0 Å². The molecule has 3 rings (SSSR count). The number of aryl methyl sites for hydroxylation is 1. The van der Waals surface area contributed by atoms with Crippen LogP contribution in [0.3, 0.4) is 0 Å². The lowest BCUT2D eigenvalue weighted by atomic mass is 10.1. The van der Waals surface area contributed by atoms with Crippen molar-refractivity contribution in [2.45, 2.75) is 58.2 Å². The van der Waals surface area contributed by atoms with Gasteiger partial charge in [-0.25, -0.2) is 4.79 Å². The standard InChI is InChI=1S/C18H28N2O3/c1-12(7-8-13-6-5-9-22-13)19-16-14-10-20(11-15(14)16)17(21)23-18(2,3)4/h5-6,9,12,14-16,19H,7-8,10-11H2,1-4H3. The Morgan fingerprint density at radius 2 is 2.13 bits per heavy atom. The summed E-state index contributed by atoms with van der Waals surface area (Å²) in [6, 6.07) is 4.98.